The molecule has 96 valence electrons. The molecule has 0 radical (unpaired) electrons. The molecule has 0 saturated carbocycles. The summed E-state index contributed by atoms with van der Waals surface area (Å²) in [7, 11) is 1.59. The summed E-state index contributed by atoms with van der Waals surface area (Å²) in [6, 6.07) is 9.19. The summed E-state index contributed by atoms with van der Waals surface area (Å²) < 4.78 is 5.30. The molecule has 1 unspecified atom stereocenters. The predicted molar refractivity (Wildman–Crippen MR) is 75.7 cm³/mol. The molecular formula is C14H15ClO2S. The summed E-state index contributed by atoms with van der Waals surface area (Å²) in [5, 5.41) is 11.4. The van der Waals surface area contributed by atoms with Gasteiger partial charge in [-0.2, -0.15) is 0 Å². The Morgan fingerprint density at radius 3 is 2.56 bits per heavy atom. The highest BCUT2D eigenvalue weighted by Crippen LogP contribution is 2.39. The Kier molecular flexibility index (Phi) is 3.66. The van der Waals surface area contributed by atoms with Gasteiger partial charge in [-0.15, -0.1) is 11.3 Å². The first kappa shape index (κ1) is 13.4. The second-order valence-electron chi connectivity index (χ2n) is 4.33. The SMILES string of the molecule is COc1ccc(Cl)cc1C(C)(O)c1ccc(C)s1. The minimum absolute atomic E-state index is 0.583. The third-order valence-corrected chi connectivity index (χ3v) is 4.35. The number of benzene rings is 1. The molecule has 18 heavy (non-hydrogen) atoms. The zero-order chi connectivity index (χ0) is 13.3. The van der Waals surface area contributed by atoms with E-state index in [2.05, 4.69) is 0 Å². The number of hydrogen-bond acceptors (Lipinski definition) is 3. The quantitative estimate of drug-likeness (QED) is 0.923. The Hall–Kier alpha value is -1.03. The van der Waals surface area contributed by atoms with E-state index in [-0.39, 0.29) is 0 Å². The van der Waals surface area contributed by atoms with E-state index in [1.807, 2.05) is 19.1 Å². The lowest BCUT2D eigenvalue weighted by Gasteiger charge is -2.24. The van der Waals surface area contributed by atoms with Gasteiger partial charge in [-0.25, -0.2) is 0 Å². The Morgan fingerprint density at radius 2 is 2.00 bits per heavy atom. The van der Waals surface area contributed by atoms with E-state index in [1.165, 1.54) is 0 Å². The molecule has 1 N–H and O–H groups in total. The molecule has 0 aliphatic heterocycles. The minimum Gasteiger partial charge on any atom is -0.496 e. The van der Waals surface area contributed by atoms with E-state index in [0.29, 0.717) is 16.3 Å². The number of aryl methyl sites for hydroxylation is 1. The van der Waals surface area contributed by atoms with Gasteiger partial charge in [0, 0.05) is 20.3 Å². The summed E-state index contributed by atoms with van der Waals surface area (Å²) >= 11 is 7.58. The fourth-order valence-electron chi connectivity index (χ4n) is 1.89. The predicted octanol–water partition coefficient (Wildman–Crippen LogP) is 3.97. The lowest BCUT2D eigenvalue weighted by molar-refractivity contribution is 0.103. The third-order valence-electron chi connectivity index (χ3n) is 2.91. The molecule has 0 aliphatic carbocycles. The maximum Gasteiger partial charge on any atom is 0.125 e. The van der Waals surface area contributed by atoms with Crippen molar-refractivity contribution in [2.75, 3.05) is 7.11 Å². The van der Waals surface area contributed by atoms with E-state index in [9.17, 15) is 5.11 Å². The molecule has 1 atom stereocenters. The van der Waals surface area contributed by atoms with Crippen molar-refractivity contribution < 1.29 is 9.84 Å². The van der Waals surface area contributed by atoms with Gasteiger partial charge in [0.15, 0.2) is 0 Å². The van der Waals surface area contributed by atoms with Crippen LogP contribution >= 0.6 is 22.9 Å². The molecule has 1 aromatic heterocycles. The Balaban J connectivity index is 2.55. The fourth-order valence-corrected chi connectivity index (χ4v) is 2.99. The van der Waals surface area contributed by atoms with Gasteiger partial charge in [0.05, 0.1) is 7.11 Å². The average Bonchev–Trinajstić information content (AvgIpc) is 2.76. The maximum atomic E-state index is 10.8. The number of aliphatic hydroxyl groups is 1. The van der Waals surface area contributed by atoms with Crippen molar-refractivity contribution in [2.45, 2.75) is 19.4 Å². The zero-order valence-electron chi connectivity index (χ0n) is 10.5. The van der Waals surface area contributed by atoms with Gasteiger partial charge in [0.1, 0.15) is 11.4 Å². The van der Waals surface area contributed by atoms with E-state index >= 15 is 0 Å². The number of hydrogen-bond donors (Lipinski definition) is 1. The van der Waals surface area contributed by atoms with Crippen LogP contribution in [0, 0.1) is 6.92 Å². The van der Waals surface area contributed by atoms with Crippen LogP contribution in [0.25, 0.3) is 0 Å². The Labute approximate surface area is 116 Å². The highest BCUT2D eigenvalue weighted by atomic mass is 35.5. The molecule has 2 rings (SSSR count). The van der Waals surface area contributed by atoms with Gasteiger partial charge in [-0.1, -0.05) is 11.6 Å². The average molecular weight is 283 g/mol. The normalized spacial score (nSPS) is 14.3. The first-order valence-electron chi connectivity index (χ1n) is 5.58. The van der Waals surface area contributed by atoms with Gasteiger partial charge in [0.25, 0.3) is 0 Å². The largest absolute Gasteiger partial charge is 0.496 e. The second-order valence-corrected chi connectivity index (χ2v) is 6.05. The van der Waals surface area contributed by atoms with Crippen LogP contribution < -0.4 is 4.74 Å². The summed E-state index contributed by atoms with van der Waals surface area (Å²) in [4.78, 5) is 2.03. The smallest absolute Gasteiger partial charge is 0.125 e. The molecule has 1 heterocycles. The van der Waals surface area contributed by atoms with Crippen LogP contribution in [0.1, 0.15) is 22.2 Å². The molecular weight excluding hydrogens is 268 g/mol. The first-order chi connectivity index (χ1) is 8.45. The monoisotopic (exact) mass is 282 g/mol. The summed E-state index contributed by atoms with van der Waals surface area (Å²) in [5.74, 6) is 0.635. The second kappa shape index (κ2) is 4.92. The number of ether oxygens (including phenoxy) is 1. The van der Waals surface area contributed by atoms with Gasteiger partial charge in [-0.3, -0.25) is 0 Å². The third kappa shape index (κ3) is 2.39. The Bertz CT molecular complexity index is 561. The summed E-state index contributed by atoms with van der Waals surface area (Å²) in [6.45, 7) is 3.77. The molecule has 0 amide bonds. The lowest BCUT2D eigenvalue weighted by Crippen LogP contribution is -2.22. The van der Waals surface area contributed by atoms with Gasteiger partial charge in [-0.05, 0) is 44.2 Å². The summed E-state index contributed by atoms with van der Waals surface area (Å²) in [5.41, 5.74) is -0.422. The van der Waals surface area contributed by atoms with E-state index in [0.717, 1.165) is 9.75 Å². The van der Waals surface area contributed by atoms with Crippen molar-refractivity contribution in [2.24, 2.45) is 0 Å². The highest BCUT2D eigenvalue weighted by molar-refractivity contribution is 7.12. The van der Waals surface area contributed by atoms with Crippen molar-refractivity contribution in [3.05, 3.63) is 50.7 Å². The van der Waals surface area contributed by atoms with Crippen LogP contribution in [0.2, 0.25) is 5.02 Å². The molecule has 0 fully saturated rings. The highest BCUT2D eigenvalue weighted by Gasteiger charge is 2.30. The first-order valence-corrected chi connectivity index (χ1v) is 6.78. The van der Waals surface area contributed by atoms with E-state index in [1.54, 1.807) is 43.6 Å². The molecule has 2 aromatic rings. The molecule has 4 heteroatoms. The van der Waals surface area contributed by atoms with Gasteiger partial charge >= 0.3 is 0 Å². The molecule has 0 saturated heterocycles. The van der Waals surface area contributed by atoms with Crippen molar-refractivity contribution in [3.8, 4) is 5.75 Å². The van der Waals surface area contributed by atoms with Crippen molar-refractivity contribution in [1.29, 1.82) is 0 Å². The van der Waals surface area contributed by atoms with Crippen LogP contribution in [0.3, 0.4) is 0 Å². The van der Waals surface area contributed by atoms with Crippen LogP contribution in [-0.2, 0) is 5.60 Å². The minimum atomic E-state index is -1.10. The Morgan fingerprint density at radius 1 is 1.28 bits per heavy atom. The van der Waals surface area contributed by atoms with Crippen LogP contribution in [-0.4, -0.2) is 12.2 Å². The molecule has 0 aliphatic rings. The van der Waals surface area contributed by atoms with E-state index < -0.39 is 5.60 Å². The fraction of sp³-hybridized carbons (Fsp3) is 0.286. The lowest BCUT2D eigenvalue weighted by atomic mass is 9.93. The number of rotatable bonds is 3. The molecule has 0 bridgehead atoms. The molecule has 2 nitrogen and oxygen atoms in total. The van der Waals surface area contributed by atoms with Crippen LogP contribution in [0.15, 0.2) is 30.3 Å². The van der Waals surface area contributed by atoms with Gasteiger partial charge < -0.3 is 9.84 Å². The zero-order valence-corrected chi connectivity index (χ0v) is 12.1. The number of thiophene rings is 1. The van der Waals surface area contributed by atoms with E-state index in [4.69, 9.17) is 16.3 Å². The van der Waals surface area contributed by atoms with Crippen molar-refractivity contribution in [1.82, 2.24) is 0 Å². The van der Waals surface area contributed by atoms with Crippen molar-refractivity contribution in [3.63, 3.8) is 0 Å². The number of methoxy groups -OCH3 is 1. The summed E-state index contributed by atoms with van der Waals surface area (Å²) in [6.07, 6.45) is 0. The van der Waals surface area contributed by atoms with Crippen LogP contribution in [0.4, 0.5) is 0 Å². The molecule has 0 spiro atoms. The van der Waals surface area contributed by atoms with Crippen molar-refractivity contribution >= 4 is 22.9 Å². The van der Waals surface area contributed by atoms with Crippen LogP contribution in [0.5, 0.6) is 5.75 Å². The standard InChI is InChI=1S/C14H15ClO2S/c1-9-4-7-13(18-9)14(2,16)11-8-10(15)5-6-12(11)17-3/h4-8,16H,1-3H3. The van der Waals surface area contributed by atoms with Gasteiger partial charge in [0.2, 0.25) is 0 Å². The maximum absolute atomic E-state index is 10.8. The number of halogens is 1. The topological polar surface area (TPSA) is 29.5 Å². The molecule has 1 aromatic carbocycles.